The van der Waals surface area contributed by atoms with Crippen molar-refractivity contribution in [1.29, 1.82) is 0 Å². The van der Waals surface area contributed by atoms with Gasteiger partial charge in [-0.05, 0) is 46.6 Å². The van der Waals surface area contributed by atoms with Crippen molar-refractivity contribution >= 4 is 17.9 Å². The highest BCUT2D eigenvalue weighted by molar-refractivity contribution is 5.85. The number of rotatable bonds is 4. The summed E-state index contributed by atoms with van der Waals surface area (Å²) in [6.45, 7) is 8.48. The molecule has 2 atom stereocenters. The van der Waals surface area contributed by atoms with Crippen molar-refractivity contribution in [2.75, 3.05) is 18.0 Å². The third kappa shape index (κ3) is 6.21. The topological polar surface area (TPSA) is 96.4 Å². The van der Waals surface area contributed by atoms with Crippen LogP contribution in [0.3, 0.4) is 0 Å². The summed E-state index contributed by atoms with van der Waals surface area (Å²) in [4.78, 5) is 34.7. The van der Waals surface area contributed by atoms with Gasteiger partial charge >= 0.3 is 6.09 Å². The molecule has 1 aliphatic heterocycles. The number of hydrogen-bond donors (Lipinski definition) is 2. The first-order chi connectivity index (χ1) is 11.7. The van der Waals surface area contributed by atoms with E-state index in [0.717, 1.165) is 19.4 Å². The number of amides is 2. The number of hydrogen-bond acceptors (Lipinski definition) is 6. The molecular weight excluding hydrogens is 322 g/mol. The van der Waals surface area contributed by atoms with Gasteiger partial charge in [0.25, 0.3) is 0 Å². The zero-order valence-electron chi connectivity index (χ0n) is 15.3. The molecule has 0 bridgehead atoms. The average Bonchev–Trinajstić information content (AvgIpc) is 2.54. The number of anilines is 1. The van der Waals surface area contributed by atoms with E-state index < -0.39 is 17.7 Å². The molecule has 8 nitrogen and oxygen atoms in total. The molecule has 0 saturated carbocycles. The van der Waals surface area contributed by atoms with Gasteiger partial charge in [0, 0.05) is 31.5 Å². The maximum Gasteiger partial charge on any atom is 0.408 e. The van der Waals surface area contributed by atoms with Crippen LogP contribution < -0.4 is 15.5 Å². The number of carbonyl (C=O) groups is 2. The fourth-order valence-corrected chi connectivity index (χ4v) is 2.61. The highest BCUT2D eigenvalue weighted by Crippen LogP contribution is 2.15. The van der Waals surface area contributed by atoms with Crippen LogP contribution in [0.25, 0.3) is 0 Å². The molecule has 0 spiro atoms. The highest BCUT2D eigenvalue weighted by atomic mass is 16.6. The quantitative estimate of drug-likeness (QED) is 0.855. The molecule has 0 aromatic carbocycles. The van der Waals surface area contributed by atoms with Crippen LogP contribution in [0.1, 0.15) is 40.5 Å². The maximum atomic E-state index is 12.3. The molecule has 2 heterocycles. The van der Waals surface area contributed by atoms with Gasteiger partial charge in [-0.15, -0.1) is 0 Å². The fourth-order valence-electron chi connectivity index (χ4n) is 2.61. The van der Waals surface area contributed by atoms with E-state index in [1.165, 1.54) is 0 Å². The molecule has 0 aliphatic carbocycles. The second-order valence-corrected chi connectivity index (χ2v) is 7.21. The van der Waals surface area contributed by atoms with E-state index >= 15 is 0 Å². The summed E-state index contributed by atoms with van der Waals surface area (Å²) in [5, 5.41) is 5.54. The number of piperidine rings is 1. The van der Waals surface area contributed by atoms with E-state index in [-0.39, 0.29) is 11.9 Å². The second-order valence-electron chi connectivity index (χ2n) is 7.21. The van der Waals surface area contributed by atoms with Gasteiger partial charge in [0.05, 0.1) is 0 Å². The maximum absolute atomic E-state index is 12.3. The molecule has 1 saturated heterocycles. The Morgan fingerprint density at radius 3 is 2.64 bits per heavy atom. The van der Waals surface area contributed by atoms with E-state index in [1.54, 1.807) is 46.2 Å². The van der Waals surface area contributed by atoms with Crippen LogP contribution in [0.5, 0.6) is 0 Å². The monoisotopic (exact) mass is 349 g/mol. The van der Waals surface area contributed by atoms with E-state index in [1.807, 2.05) is 0 Å². The van der Waals surface area contributed by atoms with Crippen molar-refractivity contribution in [2.24, 2.45) is 0 Å². The third-order valence-electron chi connectivity index (χ3n) is 3.73. The van der Waals surface area contributed by atoms with Gasteiger partial charge in [0.1, 0.15) is 11.6 Å². The number of nitrogens with one attached hydrogen (secondary N) is 2. The normalized spacial score (nSPS) is 19.0. The molecule has 0 radical (unpaired) electrons. The predicted molar refractivity (Wildman–Crippen MR) is 94.2 cm³/mol. The summed E-state index contributed by atoms with van der Waals surface area (Å²) in [7, 11) is 0. The minimum atomic E-state index is -0.668. The molecule has 2 rings (SSSR count). The smallest absolute Gasteiger partial charge is 0.408 e. The number of nitrogens with zero attached hydrogens (tertiary/aromatic N) is 3. The van der Waals surface area contributed by atoms with Crippen molar-refractivity contribution in [3.8, 4) is 0 Å². The number of ether oxygens (including phenoxy) is 1. The van der Waals surface area contributed by atoms with Gasteiger partial charge in [0.15, 0.2) is 0 Å². The van der Waals surface area contributed by atoms with Crippen LogP contribution in [0, 0.1) is 0 Å². The predicted octanol–water partition coefficient (Wildman–Crippen LogP) is 1.47. The van der Waals surface area contributed by atoms with E-state index in [4.69, 9.17) is 4.74 Å². The molecule has 138 valence electrons. The molecule has 0 unspecified atom stereocenters. The van der Waals surface area contributed by atoms with Crippen molar-refractivity contribution < 1.29 is 14.3 Å². The molecule has 25 heavy (non-hydrogen) atoms. The fraction of sp³-hybridized carbons (Fsp3) is 0.647. The zero-order chi connectivity index (χ0) is 18.4. The molecule has 1 aliphatic rings. The number of aromatic nitrogens is 2. The Morgan fingerprint density at radius 1 is 1.32 bits per heavy atom. The first kappa shape index (κ1) is 19.0. The van der Waals surface area contributed by atoms with Gasteiger partial charge in [-0.1, -0.05) is 0 Å². The summed E-state index contributed by atoms with van der Waals surface area (Å²) in [6.07, 6.45) is 4.64. The van der Waals surface area contributed by atoms with Gasteiger partial charge in [-0.25, -0.2) is 14.8 Å². The Balaban J connectivity index is 1.84. The Kier molecular flexibility index (Phi) is 6.17. The molecular formula is C17H27N5O3. The SMILES string of the molecule is C[C@H](NC(=O)OC(C)(C)C)C(=O)N[C@@H]1CCCN(c2ncccn2)C1. The summed E-state index contributed by atoms with van der Waals surface area (Å²) in [5.74, 6) is 0.438. The van der Waals surface area contributed by atoms with Gasteiger partial charge in [-0.2, -0.15) is 0 Å². The lowest BCUT2D eigenvalue weighted by Gasteiger charge is -2.33. The molecule has 1 aromatic rings. The van der Waals surface area contributed by atoms with E-state index in [9.17, 15) is 9.59 Å². The Bertz CT molecular complexity index is 588. The average molecular weight is 349 g/mol. The van der Waals surface area contributed by atoms with Crippen LogP contribution in [0.15, 0.2) is 18.5 Å². The molecule has 2 amide bonds. The first-order valence-corrected chi connectivity index (χ1v) is 8.56. The largest absolute Gasteiger partial charge is 0.444 e. The minimum Gasteiger partial charge on any atom is -0.444 e. The Labute approximate surface area is 148 Å². The van der Waals surface area contributed by atoms with Crippen LogP contribution in [0.4, 0.5) is 10.7 Å². The van der Waals surface area contributed by atoms with Gasteiger partial charge in [0.2, 0.25) is 11.9 Å². The van der Waals surface area contributed by atoms with Crippen LogP contribution in [-0.2, 0) is 9.53 Å². The zero-order valence-corrected chi connectivity index (χ0v) is 15.3. The van der Waals surface area contributed by atoms with E-state index in [2.05, 4.69) is 25.5 Å². The molecule has 8 heteroatoms. The van der Waals surface area contributed by atoms with Gasteiger partial charge < -0.3 is 20.3 Å². The summed E-state index contributed by atoms with van der Waals surface area (Å²) in [6, 6.07) is 1.10. The van der Waals surface area contributed by atoms with Crippen molar-refractivity contribution in [3.05, 3.63) is 18.5 Å². The lowest BCUT2D eigenvalue weighted by molar-refractivity contribution is -0.123. The number of alkyl carbamates (subject to hydrolysis) is 1. The molecule has 1 aromatic heterocycles. The van der Waals surface area contributed by atoms with Crippen LogP contribution in [0.2, 0.25) is 0 Å². The summed E-state index contributed by atoms with van der Waals surface area (Å²) in [5.41, 5.74) is -0.597. The van der Waals surface area contributed by atoms with Crippen LogP contribution in [-0.4, -0.2) is 52.7 Å². The lowest BCUT2D eigenvalue weighted by atomic mass is 10.1. The standard InChI is InChI=1S/C17H27N5O3/c1-12(20-16(24)25-17(2,3)4)14(23)21-13-7-5-10-22(11-13)15-18-8-6-9-19-15/h6,8-9,12-13H,5,7,10-11H2,1-4H3,(H,20,24)(H,21,23)/t12-,13+/m0/s1. The third-order valence-corrected chi connectivity index (χ3v) is 3.73. The van der Waals surface area contributed by atoms with Crippen molar-refractivity contribution in [1.82, 2.24) is 20.6 Å². The Hall–Kier alpha value is -2.38. The van der Waals surface area contributed by atoms with Crippen molar-refractivity contribution in [3.63, 3.8) is 0 Å². The minimum absolute atomic E-state index is 0.00653. The summed E-state index contributed by atoms with van der Waals surface area (Å²) >= 11 is 0. The van der Waals surface area contributed by atoms with Crippen molar-refractivity contribution in [2.45, 2.75) is 58.2 Å². The van der Waals surface area contributed by atoms with E-state index in [0.29, 0.717) is 12.5 Å². The summed E-state index contributed by atoms with van der Waals surface area (Å²) < 4.78 is 5.17. The number of carbonyl (C=O) groups excluding carboxylic acids is 2. The highest BCUT2D eigenvalue weighted by Gasteiger charge is 2.26. The second kappa shape index (κ2) is 8.13. The Morgan fingerprint density at radius 2 is 2.00 bits per heavy atom. The molecule has 1 fully saturated rings. The van der Waals surface area contributed by atoms with Gasteiger partial charge in [-0.3, -0.25) is 4.79 Å². The first-order valence-electron chi connectivity index (χ1n) is 8.56. The van der Waals surface area contributed by atoms with Crippen LogP contribution >= 0.6 is 0 Å². The lowest BCUT2D eigenvalue weighted by Crippen LogP contribution is -2.53. The molecule has 2 N–H and O–H groups in total.